The van der Waals surface area contributed by atoms with Gasteiger partial charge < -0.3 is 10.2 Å². The Morgan fingerprint density at radius 2 is 2.15 bits per heavy atom. The molecule has 0 aliphatic heterocycles. The molecule has 0 unspecified atom stereocenters. The Hall–Kier alpha value is -1.79. The molecule has 0 saturated heterocycles. The van der Waals surface area contributed by atoms with Crippen molar-refractivity contribution in [3.05, 3.63) is 23.5 Å². The van der Waals surface area contributed by atoms with E-state index in [9.17, 15) is 18.0 Å². The molecule has 1 N–H and O–H groups in total. The zero-order valence-corrected chi connectivity index (χ0v) is 11.3. The monoisotopic (exact) mass is 287 g/mol. The van der Waals surface area contributed by atoms with Crippen molar-refractivity contribution in [1.82, 2.24) is 9.88 Å². The minimum Gasteiger partial charge on any atom is -0.387 e. The smallest absolute Gasteiger partial charge is 0.387 e. The van der Waals surface area contributed by atoms with Gasteiger partial charge in [-0.2, -0.15) is 13.2 Å². The number of hydrogen-bond acceptors (Lipinski definition) is 3. The molecule has 1 aliphatic rings. The highest BCUT2D eigenvalue weighted by molar-refractivity contribution is 5.99. The lowest BCUT2D eigenvalue weighted by Crippen LogP contribution is -2.40. The quantitative estimate of drug-likeness (QED) is 0.926. The fraction of sp³-hybridized carbons (Fsp3) is 0.538. The fourth-order valence-corrected chi connectivity index (χ4v) is 2.04. The summed E-state index contributed by atoms with van der Waals surface area (Å²) in [6.07, 6.45) is -1.82. The minimum atomic E-state index is -4.39. The second kappa shape index (κ2) is 5.30. The zero-order valence-electron chi connectivity index (χ0n) is 11.3. The van der Waals surface area contributed by atoms with Crippen LogP contribution in [0.3, 0.4) is 0 Å². The number of hydrogen-bond donors (Lipinski definition) is 1. The summed E-state index contributed by atoms with van der Waals surface area (Å²) in [4.78, 5) is 17.2. The molecule has 0 radical (unpaired) electrons. The number of alkyl halides is 3. The van der Waals surface area contributed by atoms with E-state index >= 15 is 0 Å². The highest BCUT2D eigenvalue weighted by atomic mass is 19.4. The first-order valence-electron chi connectivity index (χ1n) is 6.34. The van der Waals surface area contributed by atoms with Gasteiger partial charge in [-0.3, -0.25) is 9.78 Å². The van der Waals surface area contributed by atoms with Crippen molar-refractivity contribution in [3.63, 3.8) is 0 Å². The van der Waals surface area contributed by atoms with E-state index in [1.165, 1.54) is 6.20 Å². The number of aromatic nitrogens is 1. The third-order valence-corrected chi connectivity index (χ3v) is 3.14. The number of carbonyl (C=O) groups is 1. The van der Waals surface area contributed by atoms with Crippen molar-refractivity contribution in [2.24, 2.45) is 0 Å². The lowest BCUT2D eigenvalue weighted by atomic mass is 10.1. The van der Waals surface area contributed by atoms with Gasteiger partial charge in [0.25, 0.3) is 5.91 Å². The van der Waals surface area contributed by atoms with Crippen LogP contribution in [0.15, 0.2) is 12.3 Å². The molecule has 2 rings (SSSR count). The molecule has 110 valence electrons. The van der Waals surface area contributed by atoms with E-state index in [1.54, 1.807) is 20.0 Å². The van der Waals surface area contributed by atoms with Crippen LogP contribution in [0.5, 0.6) is 0 Å². The van der Waals surface area contributed by atoms with Gasteiger partial charge in [-0.25, -0.2) is 0 Å². The van der Waals surface area contributed by atoms with E-state index in [1.807, 2.05) is 0 Å². The van der Waals surface area contributed by atoms with Crippen molar-refractivity contribution in [1.29, 1.82) is 0 Å². The van der Waals surface area contributed by atoms with Gasteiger partial charge >= 0.3 is 6.18 Å². The number of aryl methyl sites for hydroxylation is 1. The van der Waals surface area contributed by atoms with E-state index < -0.39 is 18.6 Å². The van der Waals surface area contributed by atoms with Crippen molar-refractivity contribution in [2.45, 2.75) is 32.0 Å². The number of nitrogens with zero attached hydrogens (tertiary/aromatic N) is 2. The Balaban J connectivity index is 2.28. The molecule has 1 aromatic heterocycles. The fourth-order valence-electron chi connectivity index (χ4n) is 2.04. The first-order chi connectivity index (χ1) is 9.31. The Kier molecular flexibility index (Phi) is 3.87. The van der Waals surface area contributed by atoms with Gasteiger partial charge in [-0.1, -0.05) is 0 Å². The number of nitrogens with one attached hydrogen (secondary N) is 1. The SMILES string of the molecule is CNc1cc(C)ncc1C(=O)N(CC(F)(F)F)C1CC1. The van der Waals surface area contributed by atoms with Crippen LogP contribution in [0.1, 0.15) is 28.9 Å². The molecule has 1 saturated carbocycles. The average molecular weight is 287 g/mol. The van der Waals surface area contributed by atoms with E-state index in [4.69, 9.17) is 0 Å². The average Bonchev–Trinajstić information content (AvgIpc) is 3.18. The molecule has 1 aromatic rings. The zero-order chi connectivity index (χ0) is 14.9. The van der Waals surface area contributed by atoms with Crippen LogP contribution in [-0.2, 0) is 0 Å². The molecular weight excluding hydrogens is 271 g/mol. The predicted molar refractivity (Wildman–Crippen MR) is 68.6 cm³/mol. The summed E-state index contributed by atoms with van der Waals surface area (Å²) in [5, 5.41) is 2.83. The summed E-state index contributed by atoms with van der Waals surface area (Å²) in [5.74, 6) is -0.623. The van der Waals surface area contributed by atoms with Crippen LogP contribution in [0.2, 0.25) is 0 Å². The number of amides is 1. The number of pyridine rings is 1. The lowest BCUT2D eigenvalue weighted by Gasteiger charge is -2.24. The minimum absolute atomic E-state index is 0.175. The number of anilines is 1. The Bertz CT molecular complexity index is 512. The van der Waals surface area contributed by atoms with E-state index in [0.717, 1.165) is 4.90 Å². The first-order valence-corrected chi connectivity index (χ1v) is 6.34. The van der Waals surface area contributed by atoms with Crippen molar-refractivity contribution in [3.8, 4) is 0 Å². The number of halogens is 3. The summed E-state index contributed by atoms with van der Waals surface area (Å²) in [7, 11) is 1.62. The molecular formula is C13H16F3N3O. The largest absolute Gasteiger partial charge is 0.406 e. The van der Waals surface area contributed by atoms with Gasteiger partial charge in [0.2, 0.25) is 0 Å². The third kappa shape index (κ3) is 3.40. The highest BCUT2D eigenvalue weighted by Gasteiger charge is 2.41. The summed E-state index contributed by atoms with van der Waals surface area (Å²) < 4.78 is 37.8. The van der Waals surface area contributed by atoms with Gasteiger partial charge in [-0.15, -0.1) is 0 Å². The maximum atomic E-state index is 12.6. The van der Waals surface area contributed by atoms with Gasteiger partial charge in [0, 0.05) is 25.0 Å². The standard InChI is InChI=1S/C13H16F3N3O/c1-8-5-11(17-2)10(6-18-8)12(20)19(9-3-4-9)7-13(14,15)16/h5-6,9H,3-4,7H2,1-2H3,(H,17,18). The topological polar surface area (TPSA) is 45.2 Å². The van der Waals surface area contributed by atoms with Crippen molar-refractivity contribution in [2.75, 3.05) is 18.9 Å². The Labute approximate surface area is 115 Å². The molecule has 1 aliphatic carbocycles. The summed E-state index contributed by atoms with van der Waals surface area (Å²) in [5.41, 5.74) is 1.37. The van der Waals surface area contributed by atoms with Crippen LogP contribution in [-0.4, -0.2) is 41.6 Å². The van der Waals surface area contributed by atoms with E-state index in [-0.39, 0.29) is 11.6 Å². The normalized spacial score (nSPS) is 15.1. The predicted octanol–water partition coefficient (Wildman–Crippen LogP) is 2.60. The third-order valence-electron chi connectivity index (χ3n) is 3.14. The van der Waals surface area contributed by atoms with Crippen molar-refractivity contribution < 1.29 is 18.0 Å². The molecule has 1 amide bonds. The van der Waals surface area contributed by atoms with Crippen LogP contribution in [0, 0.1) is 6.92 Å². The molecule has 0 atom stereocenters. The van der Waals surface area contributed by atoms with E-state index in [2.05, 4.69) is 10.3 Å². The van der Waals surface area contributed by atoms with Crippen LogP contribution < -0.4 is 5.32 Å². The maximum Gasteiger partial charge on any atom is 0.406 e. The van der Waals surface area contributed by atoms with Crippen LogP contribution in [0.4, 0.5) is 18.9 Å². The first kappa shape index (κ1) is 14.6. The maximum absolute atomic E-state index is 12.6. The Morgan fingerprint density at radius 1 is 1.50 bits per heavy atom. The van der Waals surface area contributed by atoms with Crippen LogP contribution in [0.25, 0.3) is 0 Å². The van der Waals surface area contributed by atoms with E-state index in [0.29, 0.717) is 24.2 Å². The molecule has 0 spiro atoms. The van der Waals surface area contributed by atoms with Gasteiger partial charge in [-0.05, 0) is 25.8 Å². The molecule has 4 nitrogen and oxygen atoms in total. The lowest BCUT2D eigenvalue weighted by molar-refractivity contribution is -0.141. The highest BCUT2D eigenvalue weighted by Crippen LogP contribution is 2.32. The van der Waals surface area contributed by atoms with Gasteiger partial charge in [0.1, 0.15) is 6.54 Å². The molecule has 7 heteroatoms. The summed E-state index contributed by atoms with van der Waals surface area (Å²) in [6.45, 7) is 0.539. The second-order valence-corrected chi connectivity index (χ2v) is 4.90. The second-order valence-electron chi connectivity index (χ2n) is 4.90. The van der Waals surface area contributed by atoms with Crippen LogP contribution >= 0.6 is 0 Å². The van der Waals surface area contributed by atoms with Gasteiger partial charge in [0.05, 0.1) is 11.3 Å². The number of carbonyl (C=O) groups excluding carboxylic acids is 1. The Morgan fingerprint density at radius 3 is 2.65 bits per heavy atom. The van der Waals surface area contributed by atoms with Gasteiger partial charge in [0.15, 0.2) is 0 Å². The molecule has 20 heavy (non-hydrogen) atoms. The molecule has 0 bridgehead atoms. The molecule has 0 aromatic carbocycles. The molecule has 1 heterocycles. The molecule has 1 fully saturated rings. The summed E-state index contributed by atoms with van der Waals surface area (Å²) >= 11 is 0. The number of rotatable bonds is 4. The summed E-state index contributed by atoms with van der Waals surface area (Å²) in [6, 6.07) is 1.33. The van der Waals surface area contributed by atoms with Crippen molar-refractivity contribution >= 4 is 11.6 Å².